The Kier molecular flexibility index (Phi) is 16.1. The molecule has 10 nitrogen and oxygen atoms in total. The van der Waals surface area contributed by atoms with E-state index in [-0.39, 0.29) is 32.2 Å². The normalized spacial score (nSPS) is 13.4. The van der Waals surface area contributed by atoms with E-state index in [4.69, 9.17) is 13.8 Å². The van der Waals surface area contributed by atoms with E-state index in [0.717, 1.165) is 16.7 Å². The Morgan fingerprint density at radius 1 is 0.688 bits per heavy atom. The van der Waals surface area contributed by atoms with Gasteiger partial charge in [0.2, 0.25) is 11.8 Å². The summed E-state index contributed by atoms with van der Waals surface area (Å²) in [7, 11) is -3.54. The highest BCUT2D eigenvalue weighted by Gasteiger charge is 2.29. The minimum absolute atomic E-state index is 0.0531. The molecule has 3 atom stereocenters. The minimum atomic E-state index is -3.54. The van der Waals surface area contributed by atoms with Crippen LogP contribution in [0.15, 0.2) is 103 Å². The van der Waals surface area contributed by atoms with Crippen molar-refractivity contribution in [2.24, 2.45) is 5.92 Å². The third-order valence-electron chi connectivity index (χ3n) is 7.19. The molecule has 3 rings (SSSR count). The summed E-state index contributed by atoms with van der Waals surface area (Å²) in [6.07, 6.45) is 1.80. The van der Waals surface area contributed by atoms with Crippen LogP contribution < -0.4 is 16.0 Å². The van der Waals surface area contributed by atoms with Crippen LogP contribution in [-0.2, 0) is 47.4 Å². The predicted octanol–water partition coefficient (Wildman–Crippen LogP) is 6.56. The van der Waals surface area contributed by atoms with Crippen LogP contribution in [0.25, 0.3) is 0 Å². The molecule has 258 valence electrons. The van der Waals surface area contributed by atoms with Crippen molar-refractivity contribution in [1.29, 1.82) is 0 Å². The third kappa shape index (κ3) is 13.9. The SMILES string of the molecule is CCOP(=O)(/C=C/C(Cc1ccccc1)NC(=O)C(Cc1ccccc1)NC(=O)C(CC(C)C)NC(=O)OCc1ccccc1)OCC. The monoisotopic (exact) mass is 677 g/mol. The molecule has 3 amide bonds. The fraction of sp³-hybridized carbons (Fsp3) is 0.378. The lowest BCUT2D eigenvalue weighted by Crippen LogP contribution is -2.56. The van der Waals surface area contributed by atoms with Gasteiger partial charge in [0.05, 0.1) is 19.3 Å². The molecule has 3 aromatic carbocycles. The molecule has 0 bridgehead atoms. The van der Waals surface area contributed by atoms with Crippen molar-refractivity contribution in [3.8, 4) is 0 Å². The van der Waals surface area contributed by atoms with Crippen LogP contribution in [0.1, 0.15) is 50.8 Å². The van der Waals surface area contributed by atoms with E-state index in [1.54, 1.807) is 19.9 Å². The first-order chi connectivity index (χ1) is 23.1. The van der Waals surface area contributed by atoms with Gasteiger partial charge in [-0.15, -0.1) is 0 Å². The van der Waals surface area contributed by atoms with Gasteiger partial charge in [0.15, 0.2) is 0 Å². The highest BCUT2D eigenvalue weighted by atomic mass is 31.2. The van der Waals surface area contributed by atoms with E-state index < -0.39 is 43.6 Å². The molecule has 0 heterocycles. The van der Waals surface area contributed by atoms with Gasteiger partial charge in [-0.1, -0.05) is 111 Å². The van der Waals surface area contributed by atoms with Crippen molar-refractivity contribution in [1.82, 2.24) is 16.0 Å². The summed E-state index contributed by atoms with van der Waals surface area (Å²) in [5.41, 5.74) is 2.59. The number of alkyl carbamates (subject to hydrolysis) is 1. The zero-order valence-corrected chi connectivity index (χ0v) is 29.1. The van der Waals surface area contributed by atoms with Gasteiger partial charge < -0.3 is 29.7 Å². The average Bonchev–Trinajstić information content (AvgIpc) is 3.07. The largest absolute Gasteiger partial charge is 0.445 e. The molecule has 3 unspecified atom stereocenters. The van der Waals surface area contributed by atoms with Gasteiger partial charge >= 0.3 is 13.7 Å². The molecule has 0 aliphatic heterocycles. The number of nitrogens with one attached hydrogen (secondary N) is 3. The van der Waals surface area contributed by atoms with Crippen LogP contribution in [0.5, 0.6) is 0 Å². The Hall–Kier alpha value is -4.24. The lowest BCUT2D eigenvalue weighted by atomic mass is 10.0. The number of benzene rings is 3. The number of hydrogen-bond acceptors (Lipinski definition) is 7. The number of carbonyl (C=O) groups excluding carboxylic acids is 3. The van der Waals surface area contributed by atoms with Gasteiger partial charge in [-0.05, 0) is 49.3 Å². The molecule has 3 N–H and O–H groups in total. The van der Waals surface area contributed by atoms with Gasteiger partial charge in [0.1, 0.15) is 18.7 Å². The fourth-order valence-electron chi connectivity index (χ4n) is 4.95. The van der Waals surface area contributed by atoms with Crippen molar-refractivity contribution in [2.75, 3.05) is 13.2 Å². The fourth-order valence-corrected chi connectivity index (χ4v) is 6.34. The maximum atomic E-state index is 14.0. The molecule has 0 saturated carbocycles. The first-order valence-electron chi connectivity index (χ1n) is 16.3. The summed E-state index contributed by atoms with van der Waals surface area (Å²) < 4.78 is 29.4. The Labute approximate surface area is 284 Å². The summed E-state index contributed by atoms with van der Waals surface area (Å²) in [6, 6.07) is 25.6. The molecular formula is C37H48N3O7P. The maximum absolute atomic E-state index is 14.0. The minimum Gasteiger partial charge on any atom is -0.445 e. The Morgan fingerprint density at radius 3 is 1.71 bits per heavy atom. The van der Waals surface area contributed by atoms with Crippen molar-refractivity contribution >= 4 is 25.5 Å². The van der Waals surface area contributed by atoms with Crippen LogP contribution >= 0.6 is 7.60 Å². The smallest absolute Gasteiger partial charge is 0.408 e. The molecular weight excluding hydrogens is 629 g/mol. The van der Waals surface area contributed by atoms with Gasteiger partial charge in [-0.3, -0.25) is 14.2 Å². The van der Waals surface area contributed by atoms with Crippen molar-refractivity contribution in [3.63, 3.8) is 0 Å². The molecule has 0 aliphatic rings. The number of hydrogen-bond donors (Lipinski definition) is 3. The number of rotatable bonds is 19. The third-order valence-corrected chi connectivity index (χ3v) is 8.96. The summed E-state index contributed by atoms with van der Waals surface area (Å²) in [5, 5.41) is 8.59. The number of ether oxygens (including phenoxy) is 1. The highest BCUT2D eigenvalue weighted by Crippen LogP contribution is 2.49. The first-order valence-corrected chi connectivity index (χ1v) is 18.0. The topological polar surface area (TPSA) is 132 Å². The predicted molar refractivity (Wildman–Crippen MR) is 187 cm³/mol. The van der Waals surface area contributed by atoms with Crippen LogP contribution in [0.2, 0.25) is 0 Å². The molecule has 0 spiro atoms. The number of amides is 3. The molecule has 0 aromatic heterocycles. The van der Waals surface area contributed by atoms with E-state index in [2.05, 4.69) is 16.0 Å². The molecule has 11 heteroatoms. The van der Waals surface area contributed by atoms with Gasteiger partial charge in [-0.25, -0.2) is 4.79 Å². The van der Waals surface area contributed by atoms with E-state index in [9.17, 15) is 18.9 Å². The second kappa shape index (κ2) is 20.2. The van der Waals surface area contributed by atoms with Gasteiger partial charge in [-0.2, -0.15) is 0 Å². The number of carbonyl (C=O) groups is 3. The van der Waals surface area contributed by atoms with Gasteiger partial charge in [0, 0.05) is 12.2 Å². The lowest BCUT2D eigenvalue weighted by Gasteiger charge is -2.26. The molecule has 48 heavy (non-hydrogen) atoms. The molecule has 0 aliphatic carbocycles. The quantitative estimate of drug-likeness (QED) is 0.122. The second-order valence-corrected chi connectivity index (χ2v) is 13.6. The van der Waals surface area contributed by atoms with Crippen LogP contribution in [-0.4, -0.2) is 49.2 Å². The summed E-state index contributed by atoms with van der Waals surface area (Å²) in [4.78, 5) is 40.5. The summed E-state index contributed by atoms with van der Waals surface area (Å²) in [6.45, 7) is 7.76. The maximum Gasteiger partial charge on any atom is 0.408 e. The Bertz CT molecular complexity index is 1480. The first kappa shape index (κ1) is 38.2. The molecule has 0 fully saturated rings. The van der Waals surface area contributed by atoms with Crippen molar-refractivity contribution in [3.05, 3.63) is 120 Å². The second-order valence-electron chi connectivity index (χ2n) is 11.7. The van der Waals surface area contributed by atoms with E-state index in [1.165, 1.54) is 5.82 Å². The van der Waals surface area contributed by atoms with Crippen LogP contribution in [0, 0.1) is 5.92 Å². The van der Waals surface area contributed by atoms with Crippen LogP contribution in [0.4, 0.5) is 4.79 Å². The average molecular weight is 678 g/mol. The molecule has 0 radical (unpaired) electrons. The Morgan fingerprint density at radius 2 is 1.19 bits per heavy atom. The molecule has 3 aromatic rings. The zero-order valence-electron chi connectivity index (χ0n) is 28.2. The summed E-state index contributed by atoms with van der Waals surface area (Å²) in [5.74, 6) is 0.477. The van der Waals surface area contributed by atoms with E-state index >= 15 is 0 Å². The van der Waals surface area contributed by atoms with Crippen LogP contribution in [0.3, 0.4) is 0 Å². The van der Waals surface area contributed by atoms with E-state index in [0.29, 0.717) is 12.8 Å². The zero-order chi connectivity index (χ0) is 34.8. The Balaban J connectivity index is 1.83. The lowest BCUT2D eigenvalue weighted by molar-refractivity contribution is -0.130. The van der Waals surface area contributed by atoms with E-state index in [1.807, 2.05) is 105 Å². The highest BCUT2D eigenvalue weighted by molar-refractivity contribution is 7.57. The van der Waals surface area contributed by atoms with Crippen molar-refractivity contribution in [2.45, 2.75) is 71.7 Å². The molecule has 0 saturated heterocycles. The summed E-state index contributed by atoms with van der Waals surface area (Å²) >= 11 is 0. The van der Waals surface area contributed by atoms with Crippen molar-refractivity contribution < 1.29 is 32.7 Å². The standard InChI is InChI=1S/C37H48N3O7P/c1-5-46-48(44,47-6-2)23-22-32(25-29-16-10-7-11-17-29)38-35(41)34(26-30-18-12-8-13-19-30)39-36(42)33(24-28(3)4)40-37(43)45-27-31-20-14-9-15-21-31/h7-23,28,32-34H,5-6,24-27H2,1-4H3,(H,38,41)(H,39,42)(H,40,43)/b23-22+. The van der Waals surface area contributed by atoms with Gasteiger partial charge in [0.25, 0.3) is 0 Å².